The van der Waals surface area contributed by atoms with E-state index >= 15 is 0 Å². The third-order valence-corrected chi connectivity index (χ3v) is 22.2. The van der Waals surface area contributed by atoms with E-state index in [0.29, 0.717) is 79.7 Å². The Labute approximate surface area is 822 Å². The van der Waals surface area contributed by atoms with Crippen LogP contribution in [0.2, 0.25) is 0 Å². The number of methoxy groups -OCH3 is 1. The minimum absolute atomic E-state index is 0.0732. The smallest absolute Gasteiger partial charge is 0.318 e. The molecular weight excluding hydrogens is 1780 g/mol. The van der Waals surface area contributed by atoms with Crippen molar-refractivity contribution in [3.8, 4) is 46.0 Å². The van der Waals surface area contributed by atoms with E-state index in [1.54, 1.807) is 54.5 Å². The zero-order valence-electron chi connectivity index (χ0n) is 84.5. The summed E-state index contributed by atoms with van der Waals surface area (Å²) in [5, 5.41) is 32.0. The maximum Gasteiger partial charge on any atom is 0.318 e. The van der Waals surface area contributed by atoms with Crippen molar-refractivity contribution in [2.45, 2.75) is 175 Å². The van der Waals surface area contributed by atoms with Crippen LogP contribution in [-0.4, -0.2) is 92.2 Å². The van der Waals surface area contributed by atoms with Crippen molar-refractivity contribution < 1.29 is 75.4 Å². The summed E-state index contributed by atoms with van der Waals surface area (Å²) in [6.07, 6.45) is 0.856. The lowest BCUT2D eigenvalue weighted by Crippen LogP contribution is -2.25. The van der Waals surface area contributed by atoms with Gasteiger partial charge in [0.05, 0.1) is 13.7 Å². The largest absolute Gasteiger partial charge is 0.497 e. The standard InChI is InChI=1S/C20H24N2O2.C19H24N2O3.C19H24N2O2.C18H20F2N2O2.C18H22N2O3.C18H22N2O2/c1-13-4-9-19(14(2)10-13)24-12-17-11-16(15-5-6-15)7-8-18(17)22-20(23)21-3;1-5-23-16-7-8-17(21-19(22)20-4)15(11-16)12-24-18-9-6-13(2)10-14(18)3;1-5-15-7-8-17(21-19(22)20-4)16(11-15)12-23-18-9-6-13(2)10-14(18)3;1-11-4-7-16(12(2)8-11)24-10-14-9-13(17(19)20)5-6-15(14)22-18(23)21-3;1-12-5-8-17(13(2)9-12)23-11-14-10-15(22-4)6-7-16(14)20-18(21)19-3;1-12-6-8-17(14(3)9-12)22-11-15-10-13(2)5-7-16(15)20-18(21)19-4/h4,7-11,15H,5-6,12H2,1-3H3,(H2,21,22,23);6-11H,5,12H2,1-4H3,(H2,20,21,22);6-11H,5,12H2,1-4H3,(H2,20,21,22);4-9,17H,10H2,1-3H3,(H2,21,22,23);5-10H,11H2,1-4H3,(H2,19,20,21);5-10H,11H2,1-4H3,(H2,19,20,21). The average molecular weight is 1910 g/mol. The molecule has 12 aromatic carbocycles. The molecular formula is C112H136F2N12O14. The summed E-state index contributed by atoms with van der Waals surface area (Å²) in [4.78, 5) is 69.5. The van der Waals surface area contributed by atoms with Crippen LogP contribution in [-0.2, 0) is 46.1 Å². The second kappa shape index (κ2) is 55.7. The first-order valence-electron chi connectivity index (χ1n) is 46.4. The predicted octanol–water partition coefficient (Wildman–Crippen LogP) is 24.9. The quantitative estimate of drug-likeness (QED) is 0.0199. The topological polar surface area (TPSA) is 321 Å². The Morgan fingerprint density at radius 3 is 0.821 bits per heavy atom. The molecule has 0 atom stereocenters. The highest BCUT2D eigenvalue weighted by Gasteiger charge is 2.25. The van der Waals surface area contributed by atoms with Gasteiger partial charge in [-0.3, -0.25) is 0 Å². The molecule has 0 saturated heterocycles. The van der Waals surface area contributed by atoms with Crippen LogP contribution in [0, 0.1) is 90.0 Å². The number of benzene rings is 12. The van der Waals surface area contributed by atoms with Gasteiger partial charge in [0.15, 0.2) is 0 Å². The number of urea groups is 6. The number of rotatable bonds is 30. The molecule has 0 unspecified atom stereocenters. The van der Waals surface area contributed by atoms with Gasteiger partial charge in [-0.1, -0.05) is 161 Å². The van der Waals surface area contributed by atoms with Crippen molar-refractivity contribution in [1.82, 2.24) is 31.9 Å². The molecule has 0 aromatic heterocycles. The highest BCUT2D eigenvalue weighted by Crippen LogP contribution is 2.42. The number of hydrogen-bond donors (Lipinski definition) is 12. The van der Waals surface area contributed by atoms with Crippen LogP contribution in [0.1, 0.15) is 161 Å². The molecule has 26 nitrogen and oxygen atoms in total. The number of amides is 12. The average Bonchev–Trinajstić information content (AvgIpc) is 1.67. The monoisotopic (exact) mass is 1910 g/mol. The van der Waals surface area contributed by atoms with E-state index in [2.05, 4.69) is 140 Å². The number of halogens is 2. The number of carbonyl (C=O) groups is 6. The van der Waals surface area contributed by atoms with Gasteiger partial charge < -0.3 is 102 Å². The van der Waals surface area contributed by atoms with E-state index in [0.717, 1.165) is 130 Å². The van der Waals surface area contributed by atoms with E-state index in [1.165, 1.54) is 77.0 Å². The summed E-state index contributed by atoms with van der Waals surface area (Å²) in [5.41, 5.74) is 26.4. The zero-order valence-corrected chi connectivity index (χ0v) is 84.5. The van der Waals surface area contributed by atoms with Gasteiger partial charge in [0.2, 0.25) is 0 Å². The Morgan fingerprint density at radius 2 is 0.536 bits per heavy atom. The van der Waals surface area contributed by atoms with E-state index < -0.39 is 12.5 Å². The van der Waals surface area contributed by atoms with Gasteiger partial charge >= 0.3 is 36.2 Å². The van der Waals surface area contributed by atoms with Crippen LogP contribution >= 0.6 is 0 Å². The van der Waals surface area contributed by atoms with E-state index in [1.807, 2.05) is 216 Å². The molecule has 12 N–H and O–H groups in total. The Kier molecular flexibility index (Phi) is 43.7. The van der Waals surface area contributed by atoms with Crippen molar-refractivity contribution in [2.24, 2.45) is 0 Å². The molecule has 1 fully saturated rings. The Hall–Kier alpha value is -15.5. The molecule has 0 heterocycles. The number of carbonyl (C=O) groups excluding carboxylic acids is 6. The summed E-state index contributed by atoms with van der Waals surface area (Å²) >= 11 is 0. The molecule has 1 aliphatic rings. The molecule has 140 heavy (non-hydrogen) atoms. The normalized spacial score (nSPS) is 10.8. The van der Waals surface area contributed by atoms with Gasteiger partial charge in [-0.25, -0.2) is 37.5 Å². The molecule has 1 saturated carbocycles. The first kappa shape index (κ1) is 110. The van der Waals surface area contributed by atoms with E-state index in [9.17, 15) is 37.5 Å². The minimum atomic E-state index is -2.58. The van der Waals surface area contributed by atoms with E-state index in [-0.39, 0.29) is 42.3 Å². The molecule has 742 valence electrons. The fourth-order valence-corrected chi connectivity index (χ4v) is 14.4. The van der Waals surface area contributed by atoms with Crippen LogP contribution in [0.5, 0.6) is 46.0 Å². The second-order valence-corrected chi connectivity index (χ2v) is 33.8. The lowest BCUT2D eigenvalue weighted by Gasteiger charge is -2.15. The maximum absolute atomic E-state index is 12.9. The highest BCUT2D eigenvalue weighted by atomic mass is 19.3. The number of anilines is 6. The van der Waals surface area contributed by atoms with Gasteiger partial charge in [-0.2, -0.15) is 0 Å². The number of aryl methyl sites for hydroxylation is 14. The maximum atomic E-state index is 12.9. The van der Waals surface area contributed by atoms with Crippen molar-refractivity contribution in [1.29, 1.82) is 0 Å². The SMILES string of the molecule is CCOc1ccc(NC(=O)NC)c(COc2ccc(C)cc2C)c1.CCc1ccc(NC(=O)NC)c(COc2ccc(C)cc2C)c1.CNC(=O)Nc1ccc(C(F)F)cc1COc1ccc(C)cc1C.CNC(=O)Nc1ccc(C)cc1COc1ccc(C)cc1C.CNC(=O)Nc1ccc(C2CC2)cc1COc1ccc(C)cc1C.CNC(=O)Nc1ccc(OC)cc1COc1ccc(C)cc1C. The van der Waals surface area contributed by atoms with Crippen LogP contribution in [0.25, 0.3) is 0 Å². The Morgan fingerprint density at radius 1 is 0.286 bits per heavy atom. The second-order valence-electron chi connectivity index (χ2n) is 33.8. The minimum Gasteiger partial charge on any atom is -0.497 e. The molecule has 12 amide bonds. The molecule has 0 spiro atoms. The van der Waals surface area contributed by atoms with Gasteiger partial charge in [-0.15, -0.1) is 0 Å². The number of hydrogen-bond acceptors (Lipinski definition) is 14. The molecule has 12 aromatic rings. The summed E-state index contributed by atoms with van der Waals surface area (Å²) in [7, 11) is 11.0. The first-order chi connectivity index (χ1) is 67.0. The van der Waals surface area contributed by atoms with Crippen LogP contribution in [0.3, 0.4) is 0 Å². The van der Waals surface area contributed by atoms with Crippen molar-refractivity contribution in [2.75, 3.05) is 87.9 Å². The zero-order chi connectivity index (χ0) is 102. The van der Waals surface area contributed by atoms with Crippen molar-refractivity contribution in [3.63, 3.8) is 0 Å². The van der Waals surface area contributed by atoms with Crippen LogP contribution < -0.4 is 102 Å². The van der Waals surface area contributed by atoms with Gasteiger partial charge in [-0.05, 0) is 270 Å². The van der Waals surface area contributed by atoms with Crippen LogP contribution in [0.4, 0.5) is 71.7 Å². The summed E-state index contributed by atoms with van der Waals surface area (Å²) in [6.45, 7) is 33.0. The number of alkyl halides is 2. The summed E-state index contributed by atoms with van der Waals surface area (Å²) in [5.74, 6) is 7.06. The number of ether oxygens (including phenoxy) is 8. The predicted molar refractivity (Wildman–Crippen MR) is 557 cm³/mol. The lowest BCUT2D eigenvalue weighted by molar-refractivity contribution is 0.151. The fraction of sp³-hybridized carbons (Fsp3) is 0.304. The third kappa shape index (κ3) is 35.9. The third-order valence-electron chi connectivity index (χ3n) is 22.2. The first-order valence-corrected chi connectivity index (χ1v) is 46.4. The van der Waals surface area contributed by atoms with Gasteiger partial charge in [0.25, 0.3) is 6.43 Å². The molecule has 28 heteroatoms. The fourth-order valence-electron chi connectivity index (χ4n) is 14.4. The lowest BCUT2D eigenvalue weighted by atomic mass is 10.1. The van der Waals surface area contributed by atoms with Crippen molar-refractivity contribution in [3.05, 3.63) is 341 Å². The van der Waals surface area contributed by atoms with Crippen LogP contribution in [0.15, 0.2) is 218 Å². The summed E-state index contributed by atoms with van der Waals surface area (Å²) in [6, 6.07) is 67.8. The van der Waals surface area contributed by atoms with E-state index in [4.69, 9.17) is 37.9 Å². The number of nitrogens with one attached hydrogen (secondary N) is 12. The molecule has 0 bridgehead atoms. The molecule has 0 radical (unpaired) electrons. The van der Waals surface area contributed by atoms with Gasteiger partial charge in [0.1, 0.15) is 85.6 Å². The molecule has 13 rings (SSSR count). The highest BCUT2D eigenvalue weighted by molar-refractivity contribution is 5.93. The van der Waals surface area contributed by atoms with Crippen molar-refractivity contribution >= 4 is 70.3 Å². The Bertz CT molecular complexity index is 5950. The molecule has 0 aliphatic heterocycles. The Balaban J connectivity index is 0.000000206. The molecule has 1 aliphatic carbocycles. The van der Waals surface area contributed by atoms with Gasteiger partial charge in [0, 0.05) is 115 Å². The summed E-state index contributed by atoms with van der Waals surface area (Å²) < 4.78 is 72.2.